The summed E-state index contributed by atoms with van der Waals surface area (Å²) in [6.45, 7) is 3.55. The van der Waals surface area contributed by atoms with Crippen LogP contribution in [-0.4, -0.2) is 37.5 Å². The molecule has 0 spiro atoms. The van der Waals surface area contributed by atoms with Crippen molar-refractivity contribution in [2.75, 3.05) is 18.8 Å². The molecule has 1 aromatic heterocycles. The van der Waals surface area contributed by atoms with Crippen molar-refractivity contribution < 1.29 is 8.42 Å². The van der Waals surface area contributed by atoms with Crippen molar-refractivity contribution in [2.24, 2.45) is 5.92 Å². The minimum atomic E-state index is -3.29. The van der Waals surface area contributed by atoms with Crippen molar-refractivity contribution in [3.05, 3.63) is 17.8 Å². The summed E-state index contributed by atoms with van der Waals surface area (Å²) in [5.74, 6) is 0.356. The van der Waals surface area contributed by atoms with E-state index in [4.69, 9.17) is 0 Å². The molecule has 0 radical (unpaired) electrons. The zero-order valence-corrected chi connectivity index (χ0v) is 11.9. The van der Waals surface area contributed by atoms with Gasteiger partial charge in [0, 0.05) is 0 Å². The van der Waals surface area contributed by atoms with Crippen molar-refractivity contribution in [2.45, 2.75) is 24.8 Å². The molecule has 0 aromatic carbocycles. The van der Waals surface area contributed by atoms with Gasteiger partial charge in [-0.25, -0.2) is 8.42 Å². The van der Waals surface area contributed by atoms with Gasteiger partial charge >= 0.3 is 0 Å². The maximum Gasteiger partial charge on any atom is 0.197 e. The van der Waals surface area contributed by atoms with Gasteiger partial charge in [0.05, 0.1) is 11.4 Å². The Labute approximate surface area is 114 Å². The van der Waals surface area contributed by atoms with Crippen molar-refractivity contribution in [1.29, 1.82) is 0 Å². The normalized spacial score (nSPS) is 20.2. The summed E-state index contributed by atoms with van der Waals surface area (Å²) in [6.07, 6.45) is 2.01. The molecule has 1 aliphatic heterocycles. The van der Waals surface area contributed by atoms with Gasteiger partial charge in [-0.3, -0.25) is 0 Å². The molecule has 0 saturated carbocycles. The lowest BCUT2D eigenvalue weighted by Crippen LogP contribution is -2.34. The smallest absolute Gasteiger partial charge is 0.197 e. The van der Waals surface area contributed by atoms with Crippen molar-refractivity contribution in [1.82, 2.24) is 15.5 Å². The van der Waals surface area contributed by atoms with Gasteiger partial charge in [0.15, 0.2) is 14.9 Å². The zero-order chi connectivity index (χ0) is 12.3. The van der Waals surface area contributed by atoms with Gasteiger partial charge in [0.2, 0.25) is 0 Å². The van der Waals surface area contributed by atoms with Crippen LogP contribution in [-0.2, 0) is 9.84 Å². The van der Waals surface area contributed by atoms with Crippen LogP contribution in [0.2, 0.25) is 0 Å². The highest BCUT2D eigenvalue weighted by molar-refractivity contribution is 7.91. The number of aromatic nitrogens is 2. The molecule has 2 heterocycles. The molecule has 1 atom stereocenters. The molecule has 0 bridgehead atoms. The Morgan fingerprint density at radius 3 is 2.72 bits per heavy atom. The van der Waals surface area contributed by atoms with Crippen LogP contribution in [0, 0.1) is 12.8 Å². The second-order valence-corrected chi connectivity index (χ2v) is 6.49. The van der Waals surface area contributed by atoms with Crippen molar-refractivity contribution in [3.8, 4) is 0 Å². The summed E-state index contributed by atoms with van der Waals surface area (Å²) in [4.78, 5) is 0. The number of nitrogens with zero attached hydrogens (tertiary/aromatic N) is 2. The van der Waals surface area contributed by atoms with Gasteiger partial charge in [-0.15, -0.1) is 17.5 Å². The highest BCUT2D eigenvalue weighted by Crippen LogP contribution is 2.16. The van der Waals surface area contributed by atoms with Crippen LogP contribution in [0.25, 0.3) is 0 Å². The molecule has 1 unspecified atom stereocenters. The highest BCUT2D eigenvalue weighted by Gasteiger charge is 2.24. The molecule has 18 heavy (non-hydrogen) atoms. The number of hydrogen-bond acceptors (Lipinski definition) is 5. The number of halogens is 1. The molecule has 0 aliphatic carbocycles. The topological polar surface area (TPSA) is 72.0 Å². The lowest BCUT2D eigenvalue weighted by atomic mass is 10.0. The zero-order valence-electron chi connectivity index (χ0n) is 10.3. The maximum atomic E-state index is 12.1. The second-order valence-electron chi connectivity index (χ2n) is 4.51. The van der Waals surface area contributed by atoms with E-state index in [0.717, 1.165) is 31.6 Å². The van der Waals surface area contributed by atoms with Gasteiger partial charge in [-0.2, -0.15) is 5.10 Å². The predicted octanol–water partition coefficient (Wildman–Crippen LogP) is 0.980. The first-order valence-corrected chi connectivity index (χ1v) is 7.47. The van der Waals surface area contributed by atoms with Gasteiger partial charge in [0.1, 0.15) is 0 Å². The molecule has 1 N–H and O–H groups in total. The summed E-state index contributed by atoms with van der Waals surface area (Å²) >= 11 is 0. The minimum Gasteiger partial charge on any atom is -0.316 e. The number of aryl methyl sites for hydroxylation is 1. The Kier molecular flexibility index (Phi) is 5.49. The summed E-state index contributed by atoms with van der Waals surface area (Å²) in [5.41, 5.74) is 0.725. The number of piperidine rings is 1. The van der Waals surface area contributed by atoms with E-state index in [2.05, 4.69) is 15.5 Å². The number of hydrogen-bond donors (Lipinski definition) is 1. The van der Waals surface area contributed by atoms with Crippen LogP contribution >= 0.6 is 12.4 Å². The van der Waals surface area contributed by atoms with Gasteiger partial charge in [-0.1, -0.05) is 0 Å². The Morgan fingerprint density at radius 2 is 2.17 bits per heavy atom. The van der Waals surface area contributed by atoms with Crippen LogP contribution in [0.4, 0.5) is 0 Å². The van der Waals surface area contributed by atoms with E-state index in [1.54, 1.807) is 13.0 Å². The molecule has 5 nitrogen and oxygen atoms in total. The fraction of sp³-hybridized carbons (Fsp3) is 0.636. The molecular weight excluding hydrogens is 274 g/mol. The van der Waals surface area contributed by atoms with E-state index in [0.29, 0.717) is 0 Å². The van der Waals surface area contributed by atoms with E-state index in [9.17, 15) is 8.42 Å². The molecule has 102 valence electrons. The molecule has 7 heteroatoms. The quantitative estimate of drug-likeness (QED) is 0.899. The summed E-state index contributed by atoms with van der Waals surface area (Å²) < 4.78 is 24.2. The minimum absolute atomic E-state index is 0. The van der Waals surface area contributed by atoms with E-state index < -0.39 is 9.84 Å². The summed E-state index contributed by atoms with van der Waals surface area (Å²) in [7, 11) is -3.29. The average Bonchev–Trinajstić information content (AvgIpc) is 2.30. The van der Waals surface area contributed by atoms with Gasteiger partial charge in [-0.05, 0) is 50.9 Å². The molecular formula is C11H18ClN3O2S. The molecule has 1 aliphatic rings. The molecule has 1 saturated heterocycles. The Hall–Kier alpha value is -0.720. The third-order valence-corrected chi connectivity index (χ3v) is 4.71. The van der Waals surface area contributed by atoms with E-state index in [-0.39, 0.29) is 29.1 Å². The number of rotatable bonds is 3. The molecule has 1 aromatic rings. The average molecular weight is 292 g/mol. The Morgan fingerprint density at radius 1 is 1.39 bits per heavy atom. The lowest BCUT2D eigenvalue weighted by Gasteiger charge is -2.22. The monoisotopic (exact) mass is 291 g/mol. The highest BCUT2D eigenvalue weighted by atomic mass is 35.5. The van der Waals surface area contributed by atoms with Crippen molar-refractivity contribution in [3.63, 3.8) is 0 Å². The second kappa shape index (κ2) is 6.45. The Balaban J connectivity index is 0.00000162. The van der Waals surface area contributed by atoms with Crippen LogP contribution in [0.1, 0.15) is 18.5 Å². The first-order chi connectivity index (χ1) is 8.08. The Bertz CT molecular complexity index is 470. The fourth-order valence-electron chi connectivity index (χ4n) is 2.01. The first-order valence-electron chi connectivity index (χ1n) is 5.82. The van der Waals surface area contributed by atoms with Crippen molar-refractivity contribution >= 4 is 22.2 Å². The van der Waals surface area contributed by atoms with Gasteiger partial charge < -0.3 is 5.32 Å². The maximum absolute atomic E-state index is 12.1. The molecule has 2 rings (SSSR count). The van der Waals surface area contributed by atoms with Crippen LogP contribution in [0.5, 0.6) is 0 Å². The van der Waals surface area contributed by atoms with Crippen LogP contribution in [0.3, 0.4) is 0 Å². The van der Waals surface area contributed by atoms with E-state index >= 15 is 0 Å². The predicted molar refractivity (Wildman–Crippen MR) is 71.7 cm³/mol. The summed E-state index contributed by atoms with van der Waals surface area (Å²) in [6, 6.07) is 3.22. The largest absolute Gasteiger partial charge is 0.316 e. The first kappa shape index (κ1) is 15.3. The number of sulfone groups is 1. The molecule has 1 fully saturated rings. The fourth-order valence-corrected chi connectivity index (χ4v) is 3.53. The van der Waals surface area contributed by atoms with Crippen LogP contribution in [0.15, 0.2) is 17.2 Å². The standard InChI is InChI=1S/C11H17N3O2S.ClH/c1-9-4-5-11(14-13-9)17(15,16)8-10-3-2-6-12-7-10;/h4-5,10,12H,2-3,6-8H2,1H3;1H. The molecule has 0 amide bonds. The van der Waals surface area contributed by atoms with Gasteiger partial charge in [0.25, 0.3) is 0 Å². The van der Waals surface area contributed by atoms with E-state index in [1.165, 1.54) is 6.07 Å². The summed E-state index contributed by atoms with van der Waals surface area (Å²) in [5, 5.41) is 10.9. The third kappa shape index (κ3) is 3.90. The third-order valence-electron chi connectivity index (χ3n) is 2.95. The van der Waals surface area contributed by atoms with Crippen LogP contribution < -0.4 is 5.32 Å². The number of nitrogens with one attached hydrogen (secondary N) is 1. The van der Waals surface area contributed by atoms with E-state index in [1.807, 2.05) is 0 Å². The lowest BCUT2D eigenvalue weighted by molar-refractivity contribution is 0.403. The SMILES string of the molecule is Cc1ccc(S(=O)(=O)CC2CCCNC2)nn1.Cl.